The van der Waals surface area contributed by atoms with Crippen LogP contribution in [0.15, 0.2) is 57.1 Å². The number of rotatable bonds is 4. The van der Waals surface area contributed by atoms with Crippen molar-refractivity contribution in [2.75, 3.05) is 24.6 Å². The molecule has 1 saturated heterocycles. The Hall–Kier alpha value is -4.90. The fraction of sp³-hybridized carbons (Fsp3) is 0.333. The Balaban J connectivity index is 1.63. The van der Waals surface area contributed by atoms with Gasteiger partial charge in [0, 0.05) is 48.3 Å². The van der Waals surface area contributed by atoms with Crippen LogP contribution in [0.3, 0.4) is 0 Å². The van der Waals surface area contributed by atoms with Gasteiger partial charge < -0.3 is 19.0 Å². The number of aromatic nitrogens is 3. The summed E-state index contributed by atoms with van der Waals surface area (Å²) in [7, 11) is 0. The van der Waals surface area contributed by atoms with Crippen molar-refractivity contribution in [2.45, 2.75) is 59.0 Å². The monoisotopic (exact) mass is 671 g/mol. The molecular weight excluding hydrogens is 637 g/mol. The van der Waals surface area contributed by atoms with Crippen LogP contribution in [0.25, 0.3) is 38.8 Å². The number of anilines is 1. The Morgan fingerprint density at radius 2 is 1.92 bits per heavy atom. The van der Waals surface area contributed by atoms with Gasteiger partial charge in [0.15, 0.2) is 11.4 Å². The topological polar surface area (TPSA) is 114 Å². The van der Waals surface area contributed by atoms with Crippen LogP contribution in [-0.4, -0.2) is 57.1 Å². The third kappa shape index (κ3) is 4.74. The smallest absolute Gasteiger partial charge is 0.417 e. The second kappa shape index (κ2) is 11.7. The largest absolute Gasteiger partial charge is 0.486 e. The number of nitrogens with zero attached hydrogens (tertiary/aromatic N) is 4. The highest BCUT2D eigenvalue weighted by Gasteiger charge is 2.40. The number of fused-ring (bicyclic) bond motifs is 6. The molecule has 2 aromatic carbocycles. The summed E-state index contributed by atoms with van der Waals surface area (Å²) in [4.78, 5) is 51.0. The van der Waals surface area contributed by atoms with Crippen molar-refractivity contribution in [3.05, 3.63) is 91.7 Å². The van der Waals surface area contributed by atoms with E-state index in [1.54, 1.807) is 42.3 Å². The highest BCUT2D eigenvalue weighted by molar-refractivity contribution is 6.35. The predicted octanol–water partition coefficient (Wildman–Crippen LogP) is 6.39. The number of benzene rings is 2. The average molecular weight is 672 g/mol. The van der Waals surface area contributed by atoms with E-state index in [1.807, 2.05) is 27.7 Å². The molecule has 1 fully saturated rings. The van der Waals surface area contributed by atoms with Gasteiger partial charge in [-0.25, -0.2) is 9.18 Å². The van der Waals surface area contributed by atoms with Crippen LogP contribution < -0.4 is 21.0 Å². The van der Waals surface area contributed by atoms with E-state index in [-0.39, 0.29) is 58.0 Å². The molecule has 0 radical (unpaired) electrons. The number of H-pyrrole nitrogens is 1. The average Bonchev–Trinajstić information content (AvgIpc) is 3.32. The summed E-state index contributed by atoms with van der Waals surface area (Å²) < 4.78 is 30.9. The van der Waals surface area contributed by atoms with E-state index in [1.165, 1.54) is 10.6 Å². The van der Waals surface area contributed by atoms with E-state index in [9.17, 15) is 14.4 Å². The zero-order valence-electron chi connectivity index (χ0n) is 27.3. The van der Waals surface area contributed by atoms with Gasteiger partial charge in [0.1, 0.15) is 0 Å². The number of hydrogen-bond donors (Lipinski definition) is 1. The fourth-order valence-electron chi connectivity index (χ4n) is 7.28. The molecule has 248 valence electrons. The highest BCUT2D eigenvalue weighted by atomic mass is 35.5. The van der Waals surface area contributed by atoms with Gasteiger partial charge in [-0.2, -0.15) is 0 Å². The molecule has 5 heterocycles. The zero-order chi connectivity index (χ0) is 34.2. The minimum absolute atomic E-state index is 0.00313. The lowest BCUT2D eigenvalue weighted by molar-refractivity contribution is -0.128. The van der Waals surface area contributed by atoms with Gasteiger partial charge in [0.05, 0.1) is 45.8 Å². The first-order valence-electron chi connectivity index (χ1n) is 15.9. The quantitative estimate of drug-likeness (QED) is 0.220. The summed E-state index contributed by atoms with van der Waals surface area (Å²) in [5.74, 6) is -1.65. The lowest BCUT2D eigenvalue weighted by atomic mass is 9.95. The molecule has 5 aromatic rings. The van der Waals surface area contributed by atoms with E-state index >= 15 is 4.39 Å². The molecular formula is C36H35ClFN5O5. The molecule has 10 nitrogen and oxygen atoms in total. The maximum Gasteiger partial charge on any atom is 0.417 e. The summed E-state index contributed by atoms with van der Waals surface area (Å²) in [5, 5.41) is 0.435. The third-order valence-corrected chi connectivity index (χ3v) is 9.84. The Morgan fingerprint density at radius 3 is 2.65 bits per heavy atom. The van der Waals surface area contributed by atoms with Gasteiger partial charge in [-0.15, -0.1) is 0 Å². The molecule has 1 N–H and O–H groups in total. The Morgan fingerprint density at radius 1 is 1.15 bits per heavy atom. The first-order chi connectivity index (χ1) is 22.9. The van der Waals surface area contributed by atoms with Gasteiger partial charge in [-0.1, -0.05) is 38.1 Å². The molecule has 0 bridgehead atoms. The van der Waals surface area contributed by atoms with Crippen LogP contribution in [0.4, 0.5) is 10.1 Å². The number of aromatic amines is 1. The molecule has 0 saturated carbocycles. The lowest BCUT2D eigenvalue weighted by Gasteiger charge is -2.45. The van der Waals surface area contributed by atoms with Crippen LogP contribution >= 0.6 is 11.6 Å². The number of piperazine rings is 1. The second-order valence-electron chi connectivity index (χ2n) is 12.9. The van der Waals surface area contributed by atoms with Gasteiger partial charge in [0.25, 0.3) is 5.56 Å². The highest BCUT2D eigenvalue weighted by Crippen LogP contribution is 2.47. The Bertz CT molecular complexity index is 2290. The van der Waals surface area contributed by atoms with E-state index in [0.29, 0.717) is 58.6 Å². The van der Waals surface area contributed by atoms with Crippen molar-refractivity contribution >= 4 is 45.2 Å². The maximum absolute atomic E-state index is 17.8. The molecule has 0 spiro atoms. The van der Waals surface area contributed by atoms with E-state index in [0.717, 1.165) is 5.56 Å². The molecule has 0 aliphatic carbocycles. The molecule has 2 atom stereocenters. The Labute approximate surface area is 280 Å². The Kier molecular flexibility index (Phi) is 7.70. The summed E-state index contributed by atoms with van der Waals surface area (Å²) >= 11 is 7.05. The number of ether oxygens (including phenoxy) is 1. The van der Waals surface area contributed by atoms with Crippen LogP contribution in [0.1, 0.15) is 49.9 Å². The van der Waals surface area contributed by atoms with Crippen LogP contribution in [0.5, 0.6) is 5.75 Å². The minimum Gasteiger partial charge on any atom is -0.486 e. The summed E-state index contributed by atoms with van der Waals surface area (Å²) in [6.45, 7) is 14.1. The fourth-order valence-corrected chi connectivity index (χ4v) is 7.57. The molecule has 7 rings (SSSR count). The number of hydrogen-bond acceptors (Lipinski definition) is 7. The first-order valence-corrected chi connectivity index (χ1v) is 16.3. The van der Waals surface area contributed by atoms with Gasteiger partial charge >= 0.3 is 5.76 Å². The molecule has 12 heteroatoms. The summed E-state index contributed by atoms with van der Waals surface area (Å²) in [5.41, 5.74) is 3.13. The van der Waals surface area contributed by atoms with Crippen molar-refractivity contribution < 1.29 is 18.3 Å². The molecule has 2 unspecified atom stereocenters. The predicted molar refractivity (Wildman–Crippen MR) is 184 cm³/mol. The summed E-state index contributed by atoms with van der Waals surface area (Å²) in [6.07, 6.45) is 3.50. The normalized spacial score (nSPS) is 17.8. The number of pyridine rings is 2. The number of carbonyl (C=O) groups excluding carboxylic acids is 1. The molecule has 2 aliphatic rings. The first kappa shape index (κ1) is 31.7. The number of carbonyl (C=O) groups is 1. The third-order valence-electron chi connectivity index (χ3n) is 9.54. The number of nitrogens with one attached hydrogen (secondary N) is 1. The van der Waals surface area contributed by atoms with Gasteiger partial charge in [-0.05, 0) is 62.1 Å². The van der Waals surface area contributed by atoms with Crippen molar-refractivity contribution in [3.8, 4) is 22.6 Å². The lowest BCUT2D eigenvalue weighted by Crippen LogP contribution is -2.59. The minimum atomic E-state index is -0.760. The van der Waals surface area contributed by atoms with E-state index in [2.05, 4.69) is 21.4 Å². The van der Waals surface area contributed by atoms with Crippen molar-refractivity contribution in [2.24, 2.45) is 0 Å². The van der Waals surface area contributed by atoms with Gasteiger partial charge in [-0.3, -0.25) is 24.1 Å². The van der Waals surface area contributed by atoms with Gasteiger partial charge in [0.2, 0.25) is 11.7 Å². The van der Waals surface area contributed by atoms with Crippen LogP contribution in [-0.2, 0) is 4.79 Å². The maximum atomic E-state index is 17.8. The zero-order valence-corrected chi connectivity index (χ0v) is 28.1. The summed E-state index contributed by atoms with van der Waals surface area (Å²) in [6, 6.07) is 6.42. The molecule has 2 aliphatic heterocycles. The second-order valence-corrected chi connectivity index (χ2v) is 13.3. The number of amides is 1. The molecule has 48 heavy (non-hydrogen) atoms. The molecule has 3 aromatic heterocycles. The van der Waals surface area contributed by atoms with E-state index in [4.69, 9.17) is 20.8 Å². The van der Waals surface area contributed by atoms with Crippen LogP contribution in [0, 0.1) is 19.7 Å². The standard InChI is InChI=1S/C36H35ClFN5O5/c1-7-25(44)41-16-21-11-13-47-34-32(42(21)15-20(41)6)22-14-23(37)27(26-18(4)8-9-24-33(26)48-36(46)40-24)28(38)31(22)43(35(34)45)30-19(5)10-12-39-29(30)17(2)3/h7-10,12,14,17,20-21H,1,11,13,15-16H2,2-6H3,(H,40,46). The van der Waals surface area contributed by atoms with Crippen LogP contribution in [0.2, 0.25) is 5.02 Å². The number of halogens is 2. The SMILES string of the molecule is C=CC(=O)N1CC2CCOc3c(c4cc(Cl)c(-c5c(C)ccc6[nH]c(=O)oc56)c(F)c4n(-c4c(C)ccnc4C(C)C)c3=O)N2CC1C. The van der Waals surface area contributed by atoms with Crippen molar-refractivity contribution in [1.82, 2.24) is 19.4 Å². The van der Waals surface area contributed by atoms with Crippen molar-refractivity contribution in [1.29, 1.82) is 0 Å². The van der Waals surface area contributed by atoms with E-state index < -0.39 is 17.1 Å². The van der Waals surface area contributed by atoms with Crippen molar-refractivity contribution in [3.63, 3.8) is 0 Å². The molecule has 1 amide bonds. The number of aryl methyl sites for hydroxylation is 2. The number of oxazole rings is 1.